The summed E-state index contributed by atoms with van der Waals surface area (Å²) < 4.78 is 45.4. The van der Waals surface area contributed by atoms with E-state index in [4.69, 9.17) is 4.74 Å². The summed E-state index contributed by atoms with van der Waals surface area (Å²) in [4.78, 5) is 2.04. The zero-order valence-corrected chi connectivity index (χ0v) is 12.7. The lowest BCUT2D eigenvalue weighted by Gasteiger charge is -2.28. The molecule has 0 spiro atoms. The molecule has 2 aromatic rings. The summed E-state index contributed by atoms with van der Waals surface area (Å²) in [6.45, 7) is 1.34. The van der Waals surface area contributed by atoms with Gasteiger partial charge in [0.15, 0.2) is 0 Å². The van der Waals surface area contributed by atoms with E-state index in [9.17, 15) is 12.8 Å². The Morgan fingerprint density at radius 1 is 1.18 bits per heavy atom. The van der Waals surface area contributed by atoms with Crippen LogP contribution >= 0.6 is 0 Å². The molecule has 116 valence electrons. The van der Waals surface area contributed by atoms with E-state index in [1.807, 2.05) is 11.9 Å². The molecule has 0 amide bonds. The average molecular weight is 322 g/mol. The lowest BCUT2D eigenvalue weighted by atomic mass is 10.2. The Balaban J connectivity index is 1.88. The number of anilines is 2. The minimum atomic E-state index is -3.76. The number of hydrogen-bond acceptors (Lipinski definition) is 4. The topological polar surface area (TPSA) is 58.6 Å². The van der Waals surface area contributed by atoms with Crippen LogP contribution in [0.5, 0.6) is 5.75 Å². The molecule has 0 saturated heterocycles. The third-order valence-electron chi connectivity index (χ3n) is 3.43. The van der Waals surface area contributed by atoms with Crippen LogP contribution in [0.2, 0.25) is 0 Å². The summed E-state index contributed by atoms with van der Waals surface area (Å²) in [6.07, 6.45) is 0. The van der Waals surface area contributed by atoms with Crippen LogP contribution in [0.4, 0.5) is 15.8 Å². The molecule has 5 nitrogen and oxygen atoms in total. The van der Waals surface area contributed by atoms with Crippen molar-refractivity contribution in [2.75, 3.05) is 29.8 Å². The van der Waals surface area contributed by atoms with E-state index in [1.54, 1.807) is 18.2 Å². The third-order valence-corrected chi connectivity index (χ3v) is 4.83. The molecule has 0 aliphatic carbocycles. The number of ether oxygens (including phenoxy) is 1. The summed E-state index contributed by atoms with van der Waals surface area (Å²) in [5.74, 6) is 0.150. The molecule has 1 aliphatic rings. The van der Waals surface area contributed by atoms with E-state index < -0.39 is 15.8 Å². The maximum atomic E-state index is 12.9. The maximum Gasteiger partial charge on any atom is 0.261 e. The van der Waals surface area contributed by atoms with Gasteiger partial charge in [-0.05, 0) is 36.4 Å². The monoisotopic (exact) mass is 322 g/mol. The minimum absolute atomic E-state index is 0.00431. The van der Waals surface area contributed by atoms with Crippen LogP contribution in [0.15, 0.2) is 47.4 Å². The van der Waals surface area contributed by atoms with Gasteiger partial charge in [-0.2, -0.15) is 0 Å². The average Bonchev–Trinajstić information content (AvgIpc) is 2.47. The Morgan fingerprint density at radius 2 is 1.91 bits per heavy atom. The highest BCUT2D eigenvalue weighted by Gasteiger charge is 2.18. The summed E-state index contributed by atoms with van der Waals surface area (Å²) in [6, 6.07) is 9.79. The highest BCUT2D eigenvalue weighted by atomic mass is 32.2. The smallest absolute Gasteiger partial charge is 0.261 e. The molecule has 0 fully saturated rings. The van der Waals surface area contributed by atoms with Crippen LogP contribution in [0.1, 0.15) is 0 Å². The molecule has 0 radical (unpaired) electrons. The van der Waals surface area contributed by atoms with Crippen molar-refractivity contribution in [1.82, 2.24) is 0 Å². The van der Waals surface area contributed by atoms with Gasteiger partial charge in [-0.3, -0.25) is 4.72 Å². The summed E-state index contributed by atoms with van der Waals surface area (Å²) in [7, 11) is -1.81. The largest absolute Gasteiger partial charge is 0.489 e. The molecule has 1 N–H and O–H groups in total. The number of hydrogen-bond donors (Lipinski definition) is 1. The van der Waals surface area contributed by atoms with Crippen LogP contribution in [0, 0.1) is 5.82 Å². The van der Waals surface area contributed by atoms with Crippen LogP contribution < -0.4 is 14.4 Å². The van der Waals surface area contributed by atoms with Gasteiger partial charge in [0, 0.05) is 13.1 Å². The molecule has 0 aromatic heterocycles. The first-order chi connectivity index (χ1) is 10.5. The minimum Gasteiger partial charge on any atom is -0.489 e. The molecule has 1 heterocycles. The number of likely N-dealkylation sites (N-methyl/N-ethyl adjacent to an activating group) is 1. The first-order valence-electron chi connectivity index (χ1n) is 6.72. The zero-order valence-electron chi connectivity index (χ0n) is 11.9. The van der Waals surface area contributed by atoms with Crippen LogP contribution in [0.25, 0.3) is 0 Å². The fourth-order valence-electron chi connectivity index (χ4n) is 2.25. The van der Waals surface area contributed by atoms with Gasteiger partial charge in [0.1, 0.15) is 18.2 Å². The van der Waals surface area contributed by atoms with Crippen molar-refractivity contribution in [2.24, 2.45) is 0 Å². The Kier molecular flexibility index (Phi) is 3.66. The Hall–Kier alpha value is -2.28. The SMILES string of the molecule is CN1CCOc2cc(NS(=O)(=O)c3ccc(F)cc3)ccc21. The number of halogens is 1. The standard InChI is InChI=1S/C15H15FN2O3S/c1-18-8-9-21-15-10-12(4-7-14(15)18)17-22(19,20)13-5-2-11(16)3-6-13/h2-7,10,17H,8-9H2,1H3. The van der Waals surface area contributed by atoms with Crippen LogP contribution in [-0.2, 0) is 10.0 Å². The van der Waals surface area contributed by atoms with Crippen LogP contribution in [-0.4, -0.2) is 28.6 Å². The molecule has 1 aliphatic heterocycles. The van der Waals surface area contributed by atoms with Crippen molar-refractivity contribution >= 4 is 21.4 Å². The predicted molar refractivity (Wildman–Crippen MR) is 82.4 cm³/mol. The molecule has 2 aromatic carbocycles. The molecule has 22 heavy (non-hydrogen) atoms. The fourth-order valence-corrected chi connectivity index (χ4v) is 3.30. The van der Waals surface area contributed by atoms with E-state index in [0.29, 0.717) is 18.0 Å². The first-order valence-corrected chi connectivity index (χ1v) is 8.20. The normalized spacial score (nSPS) is 14.2. The van der Waals surface area contributed by atoms with Crippen molar-refractivity contribution < 1.29 is 17.5 Å². The van der Waals surface area contributed by atoms with Gasteiger partial charge >= 0.3 is 0 Å². The molecule has 7 heteroatoms. The summed E-state index contributed by atoms with van der Waals surface area (Å²) in [5.41, 5.74) is 1.31. The van der Waals surface area contributed by atoms with Gasteiger partial charge < -0.3 is 9.64 Å². The van der Waals surface area contributed by atoms with Gasteiger partial charge in [-0.15, -0.1) is 0 Å². The molecular weight excluding hydrogens is 307 g/mol. The van der Waals surface area contributed by atoms with Crippen molar-refractivity contribution in [2.45, 2.75) is 4.90 Å². The van der Waals surface area contributed by atoms with Gasteiger partial charge in [0.2, 0.25) is 0 Å². The second kappa shape index (κ2) is 5.49. The molecule has 0 bridgehead atoms. The van der Waals surface area contributed by atoms with Gasteiger partial charge in [0.25, 0.3) is 10.0 Å². The number of fused-ring (bicyclic) bond motifs is 1. The van der Waals surface area contributed by atoms with Crippen molar-refractivity contribution in [3.63, 3.8) is 0 Å². The lowest BCUT2D eigenvalue weighted by Crippen LogP contribution is -2.28. The zero-order chi connectivity index (χ0) is 15.7. The number of benzene rings is 2. The van der Waals surface area contributed by atoms with Crippen LogP contribution in [0.3, 0.4) is 0 Å². The molecule has 0 atom stereocenters. The second-order valence-electron chi connectivity index (χ2n) is 5.01. The lowest BCUT2D eigenvalue weighted by molar-refractivity contribution is 0.311. The first kappa shape index (κ1) is 14.6. The van der Waals surface area contributed by atoms with E-state index in [2.05, 4.69) is 4.72 Å². The second-order valence-corrected chi connectivity index (χ2v) is 6.69. The van der Waals surface area contributed by atoms with Crippen molar-refractivity contribution in [3.05, 3.63) is 48.3 Å². The van der Waals surface area contributed by atoms with Gasteiger partial charge in [-0.25, -0.2) is 12.8 Å². The Labute approximate surface area is 128 Å². The molecule has 0 saturated carbocycles. The van der Waals surface area contributed by atoms with Crippen molar-refractivity contribution in [3.8, 4) is 5.75 Å². The highest BCUT2D eigenvalue weighted by molar-refractivity contribution is 7.92. The molecular formula is C15H15FN2O3S. The molecule has 0 unspecified atom stereocenters. The van der Waals surface area contributed by atoms with E-state index >= 15 is 0 Å². The number of nitrogens with zero attached hydrogens (tertiary/aromatic N) is 1. The third kappa shape index (κ3) is 2.85. The van der Waals surface area contributed by atoms with Gasteiger partial charge in [-0.1, -0.05) is 0 Å². The fraction of sp³-hybridized carbons (Fsp3) is 0.200. The summed E-state index contributed by atoms with van der Waals surface area (Å²) in [5, 5.41) is 0. The highest BCUT2D eigenvalue weighted by Crippen LogP contribution is 2.33. The van der Waals surface area contributed by atoms with Crippen molar-refractivity contribution in [1.29, 1.82) is 0 Å². The predicted octanol–water partition coefficient (Wildman–Crippen LogP) is 2.46. The quantitative estimate of drug-likeness (QED) is 0.943. The number of rotatable bonds is 3. The molecule has 3 rings (SSSR count). The Morgan fingerprint density at radius 3 is 2.64 bits per heavy atom. The van der Waals surface area contributed by atoms with E-state index in [0.717, 1.165) is 24.4 Å². The summed E-state index contributed by atoms with van der Waals surface area (Å²) >= 11 is 0. The number of sulfonamides is 1. The number of nitrogens with one attached hydrogen (secondary N) is 1. The van der Waals surface area contributed by atoms with E-state index in [1.165, 1.54) is 12.1 Å². The Bertz CT molecular complexity index is 791. The maximum absolute atomic E-state index is 12.9. The van der Waals surface area contributed by atoms with Gasteiger partial charge in [0.05, 0.1) is 22.8 Å². The van der Waals surface area contributed by atoms with E-state index in [-0.39, 0.29) is 4.90 Å².